The molecule has 0 aliphatic carbocycles. The lowest BCUT2D eigenvalue weighted by atomic mass is 9.82. The Morgan fingerprint density at radius 3 is 2.71 bits per heavy atom. The van der Waals surface area contributed by atoms with E-state index >= 15 is 0 Å². The van der Waals surface area contributed by atoms with Crippen molar-refractivity contribution in [1.82, 2.24) is 4.90 Å². The Kier molecular flexibility index (Phi) is 4.88. The molecule has 1 aliphatic rings. The first-order chi connectivity index (χ1) is 9.95. The first-order valence-corrected chi connectivity index (χ1v) is 7.41. The van der Waals surface area contributed by atoms with Gasteiger partial charge in [0, 0.05) is 50.8 Å². The predicted octanol–water partition coefficient (Wildman–Crippen LogP) is 3.59. The van der Waals surface area contributed by atoms with Crippen LogP contribution in [0.4, 0.5) is 10.1 Å². The maximum atomic E-state index is 13.3. The first-order valence-electron chi connectivity index (χ1n) is 7.41. The summed E-state index contributed by atoms with van der Waals surface area (Å²) in [6.45, 7) is 9.07. The highest BCUT2D eigenvalue weighted by Gasteiger charge is 2.29. The molecule has 0 amide bonds. The number of nitrogens with zero attached hydrogens (tertiary/aromatic N) is 1. The van der Waals surface area contributed by atoms with Crippen LogP contribution in [0.25, 0.3) is 5.70 Å². The number of nitrogens with one attached hydrogen (secondary N) is 1. The third-order valence-electron chi connectivity index (χ3n) is 4.34. The lowest BCUT2D eigenvalue weighted by Gasteiger charge is -2.38. The fourth-order valence-electron chi connectivity index (χ4n) is 2.87. The number of ether oxygens (including phenoxy) is 1. The van der Waals surface area contributed by atoms with E-state index in [-0.39, 0.29) is 11.2 Å². The fraction of sp³-hybridized carbons (Fsp3) is 0.529. The van der Waals surface area contributed by atoms with Crippen LogP contribution in [-0.4, -0.2) is 38.8 Å². The van der Waals surface area contributed by atoms with Crippen molar-refractivity contribution in [3.8, 4) is 0 Å². The zero-order valence-corrected chi connectivity index (χ0v) is 13.2. The molecular weight excluding hydrogens is 267 g/mol. The lowest BCUT2D eigenvalue weighted by Crippen LogP contribution is -2.37. The molecule has 0 aromatic heterocycles. The van der Waals surface area contributed by atoms with Crippen molar-refractivity contribution in [3.63, 3.8) is 0 Å². The Hall–Kier alpha value is -1.55. The van der Waals surface area contributed by atoms with Gasteiger partial charge in [0.05, 0.1) is 0 Å². The molecule has 21 heavy (non-hydrogen) atoms. The third kappa shape index (κ3) is 3.76. The van der Waals surface area contributed by atoms with Gasteiger partial charge in [0.15, 0.2) is 0 Å². The molecule has 0 spiro atoms. The Balaban J connectivity index is 2.12. The number of rotatable bonds is 5. The summed E-state index contributed by atoms with van der Waals surface area (Å²) in [6, 6.07) is 4.77. The van der Waals surface area contributed by atoms with E-state index in [1.807, 2.05) is 7.05 Å². The maximum Gasteiger partial charge on any atom is 0.125 e. The molecule has 0 bridgehead atoms. The Morgan fingerprint density at radius 2 is 2.10 bits per heavy atom. The average Bonchev–Trinajstić information content (AvgIpc) is 2.46. The van der Waals surface area contributed by atoms with Gasteiger partial charge in [0.2, 0.25) is 0 Å². The van der Waals surface area contributed by atoms with Gasteiger partial charge in [-0.05, 0) is 36.5 Å². The van der Waals surface area contributed by atoms with Crippen LogP contribution in [0.15, 0.2) is 24.8 Å². The van der Waals surface area contributed by atoms with Crippen molar-refractivity contribution in [2.75, 3.05) is 39.2 Å². The molecule has 3 nitrogen and oxygen atoms in total. The van der Waals surface area contributed by atoms with Crippen molar-refractivity contribution in [3.05, 3.63) is 36.2 Å². The molecule has 1 heterocycles. The van der Waals surface area contributed by atoms with E-state index in [2.05, 4.69) is 23.7 Å². The summed E-state index contributed by atoms with van der Waals surface area (Å²) < 4.78 is 18.8. The molecule has 0 unspecified atom stereocenters. The number of hydrogen-bond acceptors (Lipinski definition) is 3. The van der Waals surface area contributed by atoms with Gasteiger partial charge in [-0.3, -0.25) is 0 Å². The van der Waals surface area contributed by atoms with Crippen molar-refractivity contribution in [2.24, 2.45) is 5.41 Å². The van der Waals surface area contributed by atoms with E-state index in [0.717, 1.165) is 49.5 Å². The zero-order chi connectivity index (χ0) is 15.5. The second-order valence-electron chi connectivity index (χ2n) is 6.17. The van der Waals surface area contributed by atoms with Gasteiger partial charge in [0.25, 0.3) is 0 Å². The minimum Gasteiger partial charge on any atom is -0.387 e. The van der Waals surface area contributed by atoms with Gasteiger partial charge in [-0.15, -0.1) is 0 Å². The smallest absolute Gasteiger partial charge is 0.125 e. The molecule has 116 valence electrons. The van der Waals surface area contributed by atoms with Crippen LogP contribution in [0.5, 0.6) is 0 Å². The quantitative estimate of drug-likeness (QED) is 0.897. The second kappa shape index (κ2) is 6.48. The summed E-state index contributed by atoms with van der Waals surface area (Å²) in [7, 11) is 3.84. The van der Waals surface area contributed by atoms with Gasteiger partial charge in [-0.25, -0.2) is 4.39 Å². The van der Waals surface area contributed by atoms with Crippen LogP contribution in [0, 0.1) is 11.2 Å². The molecule has 4 heteroatoms. The van der Waals surface area contributed by atoms with E-state index in [9.17, 15) is 4.39 Å². The Labute approximate surface area is 126 Å². The molecule has 1 saturated heterocycles. The molecule has 1 aromatic rings. The standard InChI is InChI=1S/C17H25FN2O/c1-13(15-6-5-14(18)11-16(15)19-3)20(4)12-17(2)7-9-21-10-8-17/h5-6,11,19H,1,7-10,12H2,2-4H3. The zero-order valence-electron chi connectivity index (χ0n) is 13.2. The van der Waals surface area contributed by atoms with Gasteiger partial charge < -0.3 is 15.0 Å². The van der Waals surface area contributed by atoms with Crippen LogP contribution < -0.4 is 5.32 Å². The Bertz CT molecular complexity index is 510. The molecular formula is C17H25FN2O. The van der Waals surface area contributed by atoms with Crippen LogP contribution in [0.3, 0.4) is 0 Å². The van der Waals surface area contributed by atoms with Crippen molar-refractivity contribution >= 4 is 11.4 Å². The minimum absolute atomic E-state index is 0.241. The Morgan fingerprint density at radius 1 is 1.43 bits per heavy atom. The van der Waals surface area contributed by atoms with E-state index in [0.29, 0.717) is 0 Å². The molecule has 0 saturated carbocycles. The highest BCUT2D eigenvalue weighted by atomic mass is 19.1. The number of anilines is 1. The molecule has 0 radical (unpaired) electrons. The number of benzene rings is 1. The maximum absolute atomic E-state index is 13.3. The second-order valence-corrected chi connectivity index (χ2v) is 6.17. The third-order valence-corrected chi connectivity index (χ3v) is 4.34. The lowest BCUT2D eigenvalue weighted by molar-refractivity contribution is 0.0154. The molecule has 1 fully saturated rings. The van der Waals surface area contributed by atoms with Crippen molar-refractivity contribution in [2.45, 2.75) is 19.8 Å². The molecule has 2 rings (SSSR count). The summed E-state index contributed by atoms with van der Waals surface area (Å²) in [4.78, 5) is 2.17. The summed E-state index contributed by atoms with van der Waals surface area (Å²) in [5.41, 5.74) is 2.86. The molecule has 1 aliphatic heterocycles. The SMILES string of the molecule is C=C(c1ccc(F)cc1NC)N(C)CC1(C)CCOCC1. The normalized spacial score (nSPS) is 17.3. The van der Waals surface area contributed by atoms with E-state index in [1.165, 1.54) is 12.1 Å². The van der Waals surface area contributed by atoms with Crippen LogP contribution in [0.2, 0.25) is 0 Å². The largest absolute Gasteiger partial charge is 0.387 e. The minimum atomic E-state index is -0.241. The van der Waals surface area contributed by atoms with E-state index in [1.54, 1.807) is 13.1 Å². The highest BCUT2D eigenvalue weighted by molar-refractivity contribution is 5.73. The van der Waals surface area contributed by atoms with Crippen LogP contribution >= 0.6 is 0 Å². The fourth-order valence-corrected chi connectivity index (χ4v) is 2.87. The van der Waals surface area contributed by atoms with Crippen LogP contribution in [-0.2, 0) is 4.74 Å². The summed E-state index contributed by atoms with van der Waals surface area (Å²) in [5.74, 6) is -0.241. The van der Waals surface area contributed by atoms with Crippen molar-refractivity contribution in [1.29, 1.82) is 0 Å². The van der Waals surface area contributed by atoms with E-state index < -0.39 is 0 Å². The monoisotopic (exact) mass is 292 g/mol. The van der Waals surface area contributed by atoms with Gasteiger partial charge in [-0.2, -0.15) is 0 Å². The number of hydrogen-bond donors (Lipinski definition) is 1. The summed E-state index contributed by atoms with van der Waals surface area (Å²) in [5, 5.41) is 3.04. The van der Waals surface area contributed by atoms with Gasteiger partial charge in [0.1, 0.15) is 5.82 Å². The average molecular weight is 292 g/mol. The molecule has 1 aromatic carbocycles. The first kappa shape index (κ1) is 15.8. The number of halogens is 1. The summed E-state index contributed by atoms with van der Waals surface area (Å²) in [6.07, 6.45) is 2.12. The van der Waals surface area contributed by atoms with Crippen LogP contribution in [0.1, 0.15) is 25.3 Å². The summed E-state index contributed by atoms with van der Waals surface area (Å²) >= 11 is 0. The predicted molar refractivity (Wildman–Crippen MR) is 85.8 cm³/mol. The van der Waals surface area contributed by atoms with Gasteiger partial charge in [-0.1, -0.05) is 13.5 Å². The van der Waals surface area contributed by atoms with E-state index in [4.69, 9.17) is 4.74 Å². The molecule has 0 atom stereocenters. The highest BCUT2D eigenvalue weighted by Crippen LogP contribution is 2.33. The molecule has 1 N–H and O–H groups in total. The topological polar surface area (TPSA) is 24.5 Å². The van der Waals surface area contributed by atoms with Gasteiger partial charge >= 0.3 is 0 Å². The van der Waals surface area contributed by atoms with Crippen molar-refractivity contribution < 1.29 is 9.13 Å².